The van der Waals surface area contributed by atoms with E-state index in [1.807, 2.05) is 0 Å². The molecule has 134 valence electrons. The van der Waals surface area contributed by atoms with Crippen molar-refractivity contribution in [3.8, 4) is 0 Å². The Labute approximate surface area is 154 Å². The standard InChI is InChI=1S/C15H19BrN6O2S/c16-12-9-19-15(22-14(12)20-10-4-2-1-3-5-10)21-11-6-7-13(18-8-11)25(17,23)24/h6-10H,1-5H2,(H2,17,23,24)(H2,19,20,21,22). The Morgan fingerprint density at radius 3 is 2.52 bits per heavy atom. The number of nitrogens with two attached hydrogens (primary N) is 1. The van der Waals surface area contributed by atoms with Gasteiger partial charge in [0.05, 0.1) is 16.4 Å². The zero-order valence-corrected chi connectivity index (χ0v) is 15.8. The second-order valence-corrected chi connectivity index (χ2v) is 8.29. The van der Waals surface area contributed by atoms with Gasteiger partial charge in [-0.2, -0.15) is 4.98 Å². The van der Waals surface area contributed by atoms with Crippen molar-refractivity contribution < 1.29 is 8.42 Å². The van der Waals surface area contributed by atoms with Gasteiger partial charge in [-0.05, 0) is 40.9 Å². The lowest BCUT2D eigenvalue weighted by molar-refractivity contribution is 0.461. The van der Waals surface area contributed by atoms with E-state index in [2.05, 4.69) is 41.5 Å². The molecule has 8 nitrogen and oxygen atoms in total. The van der Waals surface area contributed by atoms with Gasteiger partial charge in [-0.3, -0.25) is 0 Å². The Balaban J connectivity index is 1.73. The van der Waals surface area contributed by atoms with Crippen molar-refractivity contribution in [3.05, 3.63) is 29.0 Å². The third-order valence-electron chi connectivity index (χ3n) is 3.97. The van der Waals surface area contributed by atoms with E-state index in [4.69, 9.17) is 5.14 Å². The van der Waals surface area contributed by atoms with Gasteiger partial charge in [-0.15, -0.1) is 0 Å². The fourth-order valence-corrected chi connectivity index (χ4v) is 3.48. The third kappa shape index (κ3) is 4.86. The van der Waals surface area contributed by atoms with E-state index in [-0.39, 0.29) is 5.03 Å². The molecular weight excluding hydrogens is 408 g/mol. The molecule has 2 aromatic heterocycles. The molecule has 0 spiro atoms. The molecule has 0 radical (unpaired) electrons. The average Bonchev–Trinajstić information content (AvgIpc) is 2.58. The molecule has 1 saturated carbocycles. The van der Waals surface area contributed by atoms with Gasteiger partial charge in [0.15, 0.2) is 5.03 Å². The van der Waals surface area contributed by atoms with E-state index >= 15 is 0 Å². The fraction of sp³-hybridized carbons (Fsp3) is 0.400. The Kier molecular flexibility index (Phi) is 5.50. The molecule has 1 aliphatic rings. The molecule has 1 aliphatic carbocycles. The zero-order valence-electron chi connectivity index (χ0n) is 13.4. The summed E-state index contributed by atoms with van der Waals surface area (Å²) in [6.07, 6.45) is 9.07. The van der Waals surface area contributed by atoms with Gasteiger partial charge < -0.3 is 10.6 Å². The highest BCUT2D eigenvalue weighted by Gasteiger charge is 2.16. The van der Waals surface area contributed by atoms with Crippen LogP contribution < -0.4 is 15.8 Å². The van der Waals surface area contributed by atoms with Crippen LogP contribution in [-0.4, -0.2) is 29.4 Å². The summed E-state index contributed by atoms with van der Waals surface area (Å²) in [6, 6.07) is 3.31. The summed E-state index contributed by atoms with van der Waals surface area (Å²) in [5, 5.41) is 11.3. The largest absolute Gasteiger partial charge is 0.366 e. The van der Waals surface area contributed by atoms with Crippen LogP contribution in [0.25, 0.3) is 0 Å². The lowest BCUT2D eigenvalue weighted by Crippen LogP contribution is -2.23. The summed E-state index contributed by atoms with van der Waals surface area (Å²) >= 11 is 3.47. The Bertz CT molecular complexity index is 838. The summed E-state index contributed by atoms with van der Waals surface area (Å²) in [7, 11) is -3.81. The minimum atomic E-state index is -3.81. The fourth-order valence-electron chi connectivity index (χ4n) is 2.72. The summed E-state index contributed by atoms with van der Waals surface area (Å²) in [6.45, 7) is 0. The van der Waals surface area contributed by atoms with Gasteiger partial charge >= 0.3 is 0 Å². The number of aromatic nitrogens is 3. The number of halogens is 1. The van der Waals surface area contributed by atoms with Crippen LogP contribution in [0.2, 0.25) is 0 Å². The molecule has 3 rings (SSSR count). The van der Waals surface area contributed by atoms with Crippen LogP contribution in [0.4, 0.5) is 17.5 Å². The molecule has 2 heterocycles. The van der Waals surface area contributed by atoms with Gasteiger partial charge in [0.25, 0.3) is 10.0 Å². The predicted octanol–water partition coefficient (Wildman–Crippen LogP) is 2.77. The third-order valence-corrected chi connectivity index (χ3v) is 5.38. The van der Waals surface area contributed by atoms with Gasteiger partial charge in [0.1, 0.15) is 5.82 Å². The molecule has 4 N–H and O–H groups in total. The van der Waals surface area contributed by atoms with Crippen molar-refractivity contribution in [3.63, 3.8) is 0 Å². The van der Waals surface area contributed by atoms with E-state index < -0.39 is 10.0 Å². The number of nitrogens with zero attached hydrogens (tertiary/aromatic N) is 3. The predicted molar refractivity (Wildman–Crippen MR) is 99.1 cm³/mol. The molecule has 10 heteroatoms. The molecule has 2 aromatic rings. The number of hydrogen-bond donors (Lipinski definition) is 3. The number of hydrogen-bond acceptors (Lipinski definition) is 7. The Morgan fingerprint density at radius 2 is 1.88 bits per heavy atom. The lowest BCUT2D eigenvalue weighted by Gasteiger charge is -2.23. The summed E-state index contributed by atoms with van der Waals surface area (Å²) in [5.74, 6) is 1.13. The Hall–Kier alpha value is -1.78. The Morgan fingerprint density at radius 1 is 1.12 bits per heavy atom. The van der Waals surface area contributed by atoms with Crippen molar-refractivity contribution in [2.45, 2.75) is 43.2 Å². The van der Waals surface area contributed by atoms with Gasteiger partial charge in [0.2, 0.25) is 5.95 Å². The molecule has 1 fully saturated rings. The van der Waals surface area contributed by atoms with Gasteiger partial charge in [0, 0.05) is 12.2 Å². The van der Waals surface area contributed by atoms with Crippen molar-refractivity contribution in [1.29, 1.82) is 0 Å². The number of primary sulfonamides is 1. The van der Waals surface area contributed by atoms with Crippen LogP contribution in [0.1, 0.15) is 32.1 Å². The van der Waals surface area contributed by atoms with E-state index in [1.165, 1.54) is 31.5 Å². The topological polar surface area (TPSA) is 123 Å². The number of rotatable bonds is 5. The summed E-state index contributed by atoms with van der Waals surface area (Å²) < 4.78 is 23.3. The number of anilines is 3. The van der Waals surface area contributed by atoms with E-state index in [0.717, 1.165) is 23.1 Å². The van der Waals surface area contributed by atoms with Crippen LogP contribution >= 0.6 is 15.9 Å². The average molecular weight is 427 g/mol. The van der Waals surface area contributed by atoms with Gasteiger partial charge in [-0.1, -0.05) is 19.3 Å². The maximum atomic E-state index is 11.2. The molecule has 0 saturated heterocycles. The number of pyridine rings is 1. The number of nitrogens with one attached hydrogen (secondary N) is 2. The lowest BCUT2D eigenvalue weighted by atomic mass is 9.95. The van der Waals surface area contributed by atoms with Crippen molar-refractivity contribution in [2.24, 2.45) is 5.14 Å². The SMILES string of the molecule is NS(=O)(=O)c1ccc(Nc2ncc(Br)c(NC3CCCCC3)n2)cn1. The maximum Gasteiger partial charge on any atom is 0.255 e. The van der Waals surface area contributed by atoms with Gasteiger partial charge in [-0.25, -0.2) is 23.5 Å². The molecule has 0 aliphatic heterocycles. The van der Waals surface area contributed by atoms with Crippen LogP contribution in [-0.2, 0) is 10.0 Å². The first-order valence-corrected chi connectivity index (χ1v) is 10.3. The first kappa shape index (κ1) is 18.0. The van der Waals surface area contributed by atoms with Crippen molar-refractivity contribution >= 4 is 43.4 Å². The summed E-state index contributed by atoms with van der Waals surface area (Å²) in [4.78, 5) is 12.5. The minimum Gasteiger partial charge on any atom is -0.366 e. The second-order valence-electron chi connectivity index (χ2n) is 5.92. The quantitative estimate of drug-likeness (QED) is 0.671. The first-order chi connectivity index (χ1) is 11.9. The van der Waals surface area contributed by atoms with E-state index in [9.17, 15) is 8.42 Å². The zero-order chi connectivity index (χ0) is 17.9. The molecule has 0 bridgehead atoms. The highest BCUT2D eigenvalue weighted by Crippen LogP contribution is 2.26. The smallest absolute Gasteiger partial charge is 0.255 e. The highest BCUT2D eigenvalue weighted by atomic mass is 79.9. The monoisotopic (exact) mass is 426 g/mol. The van der Waals surface area contributed by atoms with Crippen LogP contribution in [0.5, 0.6) is 0 Å². The highest BCUT2D eigenvalue weighted by molar-refractivity contribution is 9.10. The normalized spacial score (nSPS) is 15.8. The molecule has 0 aromatic carbocycles. The summed E-state index contributed by atoms with van der Waals surface area (Å²) in [5.41, 5.74) is 0.568. The van der Waals surface area contributed by atoms with Crippen LogP contribution in [0.3, 0.4) is 0 Å². The molecular formula is C15H19BrN6O2S. The van der Waals surface area contributed by atoms with Crippen molar-refractivity contribution in [1.82, 2.24) is 15.0 Å². The first-order valence-electron chi connectivity index (χ1n) is 7.97. The van der Waals surface area contributed by atoms with E-state index in [0.29, 0.717) is 17.7 Å². The minimum absolute atomic E-state index is 0.186. The molecule has 0 atom stereocenters. The van der Waals surface area contributed by atoms with Crippen LogP contribution in [0, 0.1) is 0 Å². The molecule has 0 unspecified atom stereocenters. The number of sulfonamides is 1. The maximum absolute atomic E-state index is 11.2. The molecule has 0 amide bonds. The van der Waals surface area contributed by atoms with Crippen molar-refractivity contribution in [2.75, 3.05) is 10.6 Å². The second kappa shape index (κ2) is 7.63. The van der Waals surface area contributed by atoms with E-state index in [1.54, 1.807) is 12.3 Å². The molecule has 25 heavy (non-hydrogen) atoms. The van der Waals surface area contributed by atoms with Crippen LogP contribution in [0.15, 0.2) is 34.0 Å².